The molecule has 0 heterocycles. The fourth-order valence-corrected chi connectivity index (χ4v) is 2.57. The Morgan fingerprint density at radius 3 is 2.24 bits per heavy atom. The van der Waals surface area contributed by atoms with E-state index in [0.717, 1.165) is 17.4 Å². The monoisotopic (exact) mass is 352 g/mol. The zero-order valence-corrected chi connectivity index (χ0v) is 14.3. The van der Waals surface area contributed by atoms with Gasteiger partial charge in [0.15, 0.2) is 11.5 Å². The molecule has 0 aliphatic carbocycles. The van der Waals surface area contributed by atoms with E-state index < -0.39 is 0 Å². The molecule has 0 saturated carbocycles. The van der Waals surface area contributed by atoms with Gasteiger partial charge in [0.1, 0.15) is 19.5 Å². The van der Waals surface area contributed by atoms with E-state index in [0.29, 0.717) is 35.3 Å². The Hall–Kier alpha value is -2.78. The Balaban J connectivity index is 1.74. The molecule has 3 nitrogen and oxygen atoms in total. The van der Waals surface area contributed by atoms with Crippen molar-refractivity contribution >= 4 is 17.9 Å². The van der Waals surface area contributed by atoms with Gasteiger partial charge in [0.25, 0.3) is 0 Å². The van der Waals surface area contributed by atoms with Gasteiger partial charge in [-0.1, -0.05) is 54.1 Å². The highest BCUT2D eigenvalue weighted by atomic mass is 35.5. The van der Waals surface area contributed by atoms with Crippen LogP contribution >= 0.6 is 11.6 Å². The Bertz CT molecular complexity index is 847. The van der Waals surface area contributed by atoms with Gasteiger partial charge in [-0.2, -0.15) is 0 Å². The number of carbonyl (C=O) groups excluding carboxylic acids is 1. The Morgan fingerprint density at radius 1 is 0.760 bits per heavy atom. The molecule has 126 valence electrons. The van der Waals surface area contributed by atoms with Gasteiger partial charge in [0, 0.05) is 10.6 Å². The number of hydrogen-bond acceptors (Lipinski definition) is 3. The summed E-state index contributed by atoms with van der Waals surface area (Å²) in [4.78, 5) is 11.1. The van der Waals surface area contributed by atoms with Gasteiger partial charge in [-0.25, -0.2) is 0 Å². The molecule has 0 unspecified atom stereocenters. The maximum atomic E-state index is 11.1. The summed E-state index contributed by atoms with van der Waals surface area (Å²) in [5, 5.41) is 0.656. The van der Waals surface area contributed by atoms with Gasteiger partial charge in [-0.05, 0) is 41.5 Å². The standard InChI is InChI=1S/C21H17ClO3/c22-19-8-4-7-18(11-19)15-25-21-12-17(13-23)9-10-20(21)24-14-16-5-2-1-3-6-16/h1-13H,14-15H2. The number of aldehydes is 1. The van der Waals surface area contributed by atoms with Crippen LogP contribution in [0.25, 0.3) is 0 Å². The summed E-state index contributed by atoms with van der Waals surface area (Å²) in [5.41, 5.74) is 2.54. The van der Waals surface area contributed by atoms with Crippen LogP contribution in [-0.4, -0.2) is 6.29 Å². The third-order valence-electron chi connectivity index (χ3n) is 3.62. The van der Waals surface area contributed by atoms with Crippen molar-refractivity contribution < 1.29 is 14.3 Å². The molecular formula is C21H17ClO3. The molecule has 4 heteroatoms. The lowest BCUT2D eigenvalue weighted by Gasteiger charge is -2.13. The zero-order chi connectivity index (χ0) is 17.5. The van der Waals surface area contributed by atoms with Crippen molar-refractivity contribution in [2.45, 2.75) is 13.2 Å². The fraction of sp³-hybridized carbons (Fsp3) is 0.0952. The van der Waals surface area contributed by atoms with Crippen LogP contribution in [0.5, 0.6) is 11.5 Å². The maximum Gasteiger partial charge on any atom is 0.162 e. The van der Waals surface area contributed by atoms with Gasteiger partial charge in [0.05, 0.1) is 0 Å². The van der Waals surface area contributed by atoms with E-state index in [9.17, 15) is 4.79 Å². The molecule has 3 aromatic rings. The highest BCUT2D eigenvalue weighted by Gasteiger charge is 2.08. The zero-order valence-electron chi connectivity index (χ0n) is 13.5. The van der Waals surface area contributed by atoms with Crippen LogP contribution in [0.1, 0.15) is 21.5 Å². The molecule has 0 saturated heterocycles. The predicted molar refractivity (Wildman–Crippen MR) is 98.4 cm³/mol. The Kier molecular flexibility index (Phi) is 5.70. The van der Waals surface area contributed by atoms with Crippen LogP contribution in [-0.2, 0) is 13.2 Å². The first-order chi connectivity index (χ1) is 12.2. The van der Waals surface area contributed by atoms with Crippen molar-refractivity contribution in [1.82, 2.24) is 0 Å². The van der Waals surface area contributed by atoms with Crippen LogP contribution < -0.4 is 9.47 Å². The lowest BCUT2D eigenvalue weighted by Crippen LogP contribution is -2.01. The van der Waals surface area contributed by atoms with E-state index in [1.54, 1.807) is 18.2 Å². The number of benzene rings is 3. The molecule has 0 aliphatic heterocycles. The van der Waals surface area contributed by atoms with Crippen molar-refractivity contribution in [1.29, 1.82) is 0 Å². The van der Waals surface area contributed by atoms with Gasteiger partial charge >= 0.3 is 0 Å². The first-order valence-corrected chi connectivity index (χ1v) is 8.25. The van der Waals surface area contributed by atoms with Crippen LogP contribution in [0.3, 0.4) is 0 Å². The van der Waals surface area contributed by atoms with E-state index in [1.807, 2.05) is 54.6 Å². The summed E-state index contributed by atoms with van der Waals surface area (Å²) < 4.78 is 11.7. The van der Waals surface area contributed by atoms with Crippen LogP contribution in [0.2, 0.25) is 5.02 Å². The van der Waals surface area contributed by atoms with Crippen LogP contribution in [0.4, 0.5) is 0 Å². The van der Waals surface area contributed by atoms with Gasteiger partial charge in [-0.3, -0.25) is 4.79 Å². The largest absolute Gasteiger partial charge is 0.485 e. The van der Waals surface area contributed by atoms with Gasteiger partial charge < -0.3 is 9.47 Å². The van der Waals surface area contributed by atoms with E-state index >= 15 is 0 Å². The smallest absolute Gasteiger partial charge is 0.162 e. The van der Waals surface area contributed by atoms with Crippen molar-refractivity contribution in [2.24, 2.45) is 0 Å². The molecule has 0 aromatic heterocycles. The van der Waals surface area contributed by atoms with Crippen molar-refractivity contribution in [2.75, 3.05) is 0 Å². The molecule has 3 rings (SSSR count). The molecule has 0 fully saturated rings. The first-order valence-electron chi connectivity index (χ1n) is 7.88. The fourth-order valence-electron chi connectivity index (χ4n) is 2.35. The molecule has 0 bridgehead atoms. The number of ether oxygens (including phenoxy) is 2. The molecule has 0 aliphatic rings. The summed E-state index contributed by atoms with van der Waals surface area (Å²) in [6, 6.07) is 22.5. The molecule has 0 radical (unpaired) electrons. The minimum absolute atomic E-state index is 0.338. The van der Waals surface area contributed by atoms with E-state index in [2.05, 4.69) is 0 Å². The van der Waals surface area contributed by atoms with Crippen molar-refractivity contribution in [3.05, 3.63) is 94.5 Å². The topological polar surface area (TPSA) is 35.5 Å². The number of carbonyl (C=O) groups is 1. The minimum Gasteiger partial charge on any atom is -0.485 e. The second kappa shape index (κ2) is 8.36. The minimum atomic E-state index is 0.338. The Labute approximate surface area is 151 Å². The molecule has 25 heavy (non-hydrogen) atoms. The molecule has 0 spiro atoms. The summed E-state index contributed by atoms with van der Waals surface area (Å²) >= 11 is 6.00. The lowest BCUT2D eigenvalue weighted by atomic mass is 10.2. The van der Waals surface area contributed by atoms with Gasteiger partial charge in [0.2, 0.25) is 0 Å². The van der Waals surface area contributed by atoms with Crippen LogP contribution in [0.15, 0.2) is 72.8 Å². The van der Waals surface area contributed by atoms with E-state index in [1.165, 1.54) is 0 Å². The normalized spacial score (nSPS) is 10.3. The number of hydrogen-bond donors (Lipinski definition) is 0. The summed E-state index contributed by atoms with van der Waals surface area (Å²) in [5.74, 6) is 1.12. The molecular weight excluding hydrogens is 336 g/mol. The summed E-state index contributed by atoms with van der Waals surface area (Å²) in [6.07, 6.45) is 0.785. The molecule has 3 aromatic carbocycles. The van der Waals surface area contributed by atoms with Crippen molar-refractivity contribution in [3.8, 4) is 11.5 Å². The van der Waals surface area contributed by atoms with Gasteiger partial charge in [-0.15, -0.1) is 0 Å². The number of rotatable bonds is 7. The van der Waals surface area contributed by atoms with E-state index in [4.69, 9.17) is 21.1 Å². The Morgan fingerprint density at radius 2 is 1.48 bits per heavy atom. The molecule has 0 amide bonds. The molecule has 0 N–H and O–H groups in total. The lowest BCUT2D eigenvalue weighted by molar-refractivity contribution is 0.112. The van der Waals surface area contributed by atoms with Crippen LogP contribution in [0, 0.1) is 0 Å². The molecule has 0 atom stereocenters. The predicted octanol–water partition coefficient (Wildman–Crippen LogP) is 5.31. The summed E-state index contributed by atoms with van der Waals surface area (Å²) in [7, 11) is 0. The maximum absolute atomic E-state index is 11.1. The number of halogens is 1. The highest BCUT2D eigenvalue weighted by molar-refractivity contribution is 6.30. The summed E-state index contributed by atoms with van der Waals surface area (Å²) in [6.45, 7) is 0.763. The quantitative estimate of drug-likeness (QED) is 0.540. The second-order valence-electron chi connectivity index (χ2n) is 5.52. The SMILES string of the molecule is O=Cc1ccc(OCc2ccccc2)c(OCc2cccc(Cl)c2)c1. The first kappa shape index (κ1) is 17.1. The third kappa shape index (κ3) is 4.85. The average Bonchev–Trinajstić information content (AvgIpc) is 2.66. The van der Waals surface area contributed by atoms with Crippen molar-refractivity contribution in [3.63, 3.8) is 0 Å². The highest BCUT2D eigenvalue weighted by Crippen LogP contribution is 2.30. The third-order valence-corrected chi connectivity index (χ3v) is 3.86. The second-order valence-corrected chi connectivity index (χ2v) is 5.95. The average molecular weight is 353 g/mol. The van der Waals surface area contributed by atoms with E-state index in [-0.39, 0.29) is 0 Å².